The van der Waals surface area contributed by atoms with Gasteiger partial charge in [-0.1, -0.05) is 18.6 Å². The van der Waals surface area contributed by atoms with Gasteiger partial charge < -0.3 is 4.90 Å². The first-order valence-corrected chi connectivity index (χ1v) is 13.0. The average molecular weight is 443 g/mol. The second-order valence-electron chi connectivity index (χ2n) is 8.63. The normalized spacial score (nSPS) is 25.7. The van der Waals surface area contributed by atoms with Crippen LogP contribution in [0.4, 0.5) is 0 Å². The fourth-order valence-corrected chi connectivity index (χ4v) is 6.56. The zero-order chi connectivity index (χ0) is 20.3. The number of thiophene rings is 2. The molecule has 160 valence electrons. The average Bonchev–Trinajstić information content (AvgIpc) is 3.54. The van der Waals surface area contributed by atoms with Crippen LogP contribution in [-0.2, 0) is 4.79 Å². The molecule has 2 atom stereocenters. The van der Waals surface area contributed by atoms with Crippen LogP contribution in [0.3, 0.4) is 0 Å². The fraction of sp³-hybridized carbons (Fsp3) is 0.565. The van der Waals surface area contributed by atoms with E-state index in [2.05, 4.69) is 44.8 Å². The molecule has 0 N–H and O–H groups in total. The van der Waals surface area contributed by atoms with Gasteiger partial charge in [0.1, 0.15) is 0 Å². The van der Waals surface area contributed by atoms with Crippen molar-refractivity contribution in [3.63, 3.8) is 0 Å². The number of carbonyl (C=O) groups excluding carboxylic acids is 1. The summed E-state index contributed by atoms with van der Waals surface area (Å²) in [6, 6.07) is 8.92. The minimum atomic E-state index is 0.0396. The summed E-state index contributed by atoms with van der Waals surface area (Å²) in [5, 5.41) is 10.8. The van der Waals surface area contributed by atoms with E-state index < -0.39 is 0 Å². The molecule has 1 amide bonds. The molecule has 2 fully saturated rings. The van der Waals surface area contributed by atoms with Crippen molar-refractivity contribution in [2.75, 3.05) is 32.7 Å². The number of amides is 1. The molecular formula is C23H30N4OS2. The van der Waals surface area contributed by atoms with Crippen molar-refractivity contribution in [1.29, 1.82) is 0 Å². The summed E-state index contributed by atoms with van der Waals surface area (Å²) >= 11 is 3.43. The van der Waals surface area contributed by atoms with Crippen molar-refractivity contribution < 1.29 is 4.79 Å². The summed E-state index contributed by atoms with van der Waals surface area (Å²) < 4.78 is 0. The molecule has 5 nitrogen and oxygen atoms in total. The minimum absolute atomic E-state index is 0.0396. The summed E-state index contributed by atoms with van der Waals surface area (Å²) in [4.78, 5) is 20.9. The summed E-state index contributed by atoms with van der Waals surface area (Å²) in [7, 11) is 0. The second-order valence-corrected chi connectivity index (χ2v) is 10.6. The minimum Gasteiger partial charge on any atom is -0.302 e. The number of hydrogen-bond donors (Lipinski definition) is 0. The summed E-state index contributed by atoms with van der Waals surface area (Å²) in [6.45, 7) is 5.08. The Morgan fingerprint density at radius 2 is 1.87 bits per heavy atom. The SMILES string of the molecule is O=C(CN1CCCC1CN1CCCCC1)N1N=C(c2cccs2)CC1c1cccs1. The van der Waals surface area contributed by atoms with Gasteiger partial charge >= 0.3 is 0 Å². The van der Waals surface area contributed by atoms with Crippen LogP contribution in [0.2, 0.25) is 0 Å². The van der Waals surface area contributed by atoms with Crippen molar-refractivity contribution in [2.24, 2.45) is 5.10 Å². The van der Waals surface area contributed by atoms with Crippen LogP contribution < -0.4 is 0 Å². The number of rotatable bonds is 6. The van der Waals surface area contributed by atoms with Crippen LogP contribution >= 0.6 is 22.7 Å². The first-order chi connectivity index (χ1) is 14.8. The molecule has 0 radical (unpaired) electrons. The van der Waals surface area contributed by atoms with Gasteiger partial charge in [0, 0.05) is 23.9 Å². The van der Waals surface area contributed by atoms with Crippen molar-refractivity contribution in [2.45, 2.75) is 50.6 Å². The van der Waals surface area contributed by atoms with Gasteiger partial charge in [0.2, 0.25) is 0 Å². The molecule has 0 aromatic carbocycles. The Kier molecular flexibility index (Phi) is 6.32. The van der Waals surface area contributed by atoms with Gasteiger partial charge in [-0.3, -0.25) is 9.69 Å². The summed E-state index contributed by atoms with van der Waals surface area (Å²) in [5.41, 5.74) is 1.04. The smallest absolute Gasteiger partial charge is 0.257 e. The molecule has 2 aromatic rings. The highest BCUT2D eigenvalue weighted by Crippen LogP contribution is 2.36. The van der Waals surface area contributed by atoms with Crippen molar-refractivity contribution in [3.8, 4) is 0 Å². The van der Waals surface area contributed by atoms with E-state index in [4.69, 9.17) is 5.10 Å². The van der Waals surface area contributed by atoms with Gasteiger partial charge in [-0.15, -0.1) is 22.7 Å². The van der Waals surface area contributed by atoms with Crippen LogP contribution in [0.5, 0.6) is 0 Å². The van der Waals surface area contributed by atoms with E-state index >= 15 is 0 Å². The Labute approximate surface area is 187 Å². The van der Waals surface area contributed by atoms with Crippen LogP contribution in [0.25, 0.3) is 0 Å². The lowest BCUT2D eigenvalue weighted by Gasteiger charge is -2.33. The first-order valence-electron chi connectivity index (χ1n) is 11.2. The van der Waals surface area contributed by atoms with E-state index in [0.717, 1.165) is 25.2 Å². The van der Waals surface area contributed by atoms with E-state index in [1.54, 1.807) is 27.7 Å². The lowest BCUT2D eigenvalue weighted by molar-refractivity contribution is -0.134. The van der Waals surface area contributed by atoms with E-state index in [0.29, 0.717) is 12.6 Å². The molecule has 7 heteroatoms. The highest BCUT2D eigenvalue weighted by atomic mass is 32.1. The molecule has 0 saturated carbocycles. The number of carbonyl (C=O) groups is 1. The van der Waals surface area contributed by atoms with Gasteiger partial charge in [0.15, 0.2) is 0 Å². The number of hydrogen-bond acceptors (Lipinski definition) is 6. The quantitative estimate of drug-likeness (QED) is 0.664. The molecule has 3 aliphatic heterocycles. The molecule has 2 unspecified atom stereocenters. The molecule has 2 saturated heterocycles. The molecule has 3 aliphatic rings. The monoisotopic (exact) mass is 442 g/mol. The number of likely N-dealkylation sites (tertiary alicyclic amines) is 2. The number of nitrogens with zero attached hydrogens (tertiary/aromatic N) is 4. The number of piperidine rings is 1. The summed E-state index contributed by atoms with van der Waals surface area (Å²) in [5.74, 6) is 0.144. The molecule has 30 heavy (non-hydrogen) atoms. The highest BCUT2D eigenvalue weighted by molar-refractivity contribution is 7.12. The molecule has 5 rings (SSSR count). The van der Waals surface area contributed by atoms with Gasteiger partial charge in [-0.2, -0.15) is 5.10 Å². The maximum absolute atomic E-state index is 13.4. The molecule has 0 spiro atoms. The van der Waals surface area contributed by atoms with E-state index in [1.165, 1.54) is 54.9 Å². The van der Waals surface area contributed by atoms with Gasteiger partial charge in [0.05, 0.1) is 23.2 Å². The third-order valence-electron chi connectivity index (χ3n) is 6.60. The Bertz CT molecular complexity index is 858. The Balaban J connectivity index is 1.29. The second kappa shape index (κ2) is 9.30. The van der Waals surface area contributed by atoms with Crippen LogP contribution in [0.1, 0.15) is 54.3 Å². The Morgan fingerprint density at radius 3 is 2.63 bits per heavy atom. The third kappa shape index (κ3) is 4.40. The molecule has 0 aliphatic carbocycles. The zero-order valence-corrected chi connectivity index (χ0v) is 19.0. The molecule has 0 bridgehead atoms. The topological polar surface area (TPSA) is 39.2 Å². The van der Waals surface area contributed by atoms with E-state index in [9.17, 15) is 4.79 Å². The largest absolute Gasteiger partial charge is 0.302 e. The van der Waals surface area contributed by atoms with Crippen LogP contribution in [0, 0.1) is 0 Å². The predicted octanol–water partition coefficient (Wildman–Crippen LogP) is 4.44. The Morgan fingerprint density at radius 1 is 1.03 bits per heavy atom. The van der Waals surface area contributed by atoms with Gasteiger partial charge in [-0.05, 0) is 68.2 Å². The lowest BCUT2D eigenvalue weighted by Crippen LogP contribution is -2.46. The molecular weight excluding hydrogens is 412 g/mol. The standard InChI is InChI=1S/C23H30N4OS2/c28-23(17-26-12-4-7-18(26)16-25-10-2-1-3-11-25)27-20(22-9-6-14-30-22)15-19(24-27)21-8-5-13-29-21/h5-6,8-9,13-14,18,20H,1-4,7,10-12,15-17H2. The van der Waals surface area contributed by atoms with E-state index in [-0.39, 0.29) is 11.9 Å². The van der Waals surface area contributed by atoms with Gasteiger partial charge in [-0.25, -0.2) is 5.01 Å². The highest BCUT2D eigenvalue weighted by Gasteiger charge is 2.36. The summed E-state index contributed by atoms with van der Waals surface area (Å²) in [6.07, 6.45) is 7.23. The van der Waals surface area contributed by atoms with Crippen molar-refractivity contribution in [1.82, 2.24) is 14.8 Å². The fourth-order valence-electron chi connectivity index (χ4n) is 5.03. The lowest BCUT2D eigenvalue weighted by atomic mass is 10.1. The van der Waals surface area contributed by atoms with Crippen molar-refractivity contribution >= 4 is 34.3 Å². The number of hydrazone groups is 1. The Hall–Kier alpha value is -1.54. The van der Waals surface area contributed by atoms with Crippen LogP contribution in [0.15, 0.2) is 40.1 Å². The zero-order valence-electron chi connectivity index (χ0n) is 17.4. The van der Waals surface area contributed by atoms with E-state index in [1.807, 2.05) is 0 Å². The first kappa shape index (κ1) is 20.4. The van der Waals surface area contributed by atoms with Crippen LogP contribution in [-0.4, -0.2) is 65.2 Å². The molecule has 5 heterocycles. The third-order valence-corrected chi connectivity index (χ3v) is 8.49. The predicted molar refractivity (Wildman–Crippen MR) is 124 cm³/mol. The maximum Gasteiger partial charge on any atom is 0.257 e. The van der Waals surface area contributed by atoms with Gasteiger partial charge in [0.25, 0.3) is 5.91 Å². The van der Waals surface area contributed by atoms with Crippen molar-refractivity contribution in [3.05, 3.63) is 44.8 Å². The maximum atomic E-state index is 13.4. The molecule has 2 aromatic heterocycles.